The first-order valence-corrected chi connectivity index (χ1v) is 8.77. The zero-order valence-corrected chi connectivity index (χ0v) is 15.0. The van der Waals surface area contributed by atoms with Gasteiger partial charge in [-0.2, -0.15) is 0 Å². The van der Waals surface area contributed by atoms with E-state index in [1.807, 2.05) is 6.92 Å². The monoisotopic (exact) mass is 374 g/mol. The van der Waals surface area contributed by atoms with Crippen molar-refractivity contribution >= 4 is 22.4 Å². The molecule has 1 amide bonds. The molecular formula is C19H16F2N2O2S. The smallest absolute Gasteiger partial charge is 0.261 e. The minimum absolute atomic E-state index is 0.348. The maximum atomic E-state index is 13.5. The number of para-hydroxylation sites is 1. The Bertz CT molecular complexity index is 956. The molecule has 0 bridgehead atoms. The number of nitrogens with zero attached hydrogens (tertiary/aromatic N) is 1. The van der Waals surface area contributed by atoms with Gasteiger partial charge in [0, 0.05) is 10.4 Å². The number of hydrogen-bond donors (Lipinski definition) is 1. The van der Waals surface area contributed by atoms with Crippen LogP contribution in [-0.4, -0.2) is 17.5 Å². The number of ether oxygens (including phenoxy) is 1. The predicted octanol–water partition coefficient (Wildman–Crippen LogP) is 5.05. The fraction of sp³-hybridized carbons (Fsp3) is 0.158. The number of thiazole rings is 1. The molecule has 0 aliphatic carbocycles. The molecule has 0 saturated heterocycles. The van der Waals surface area contributed by atoms with Gasteiger partial charge in [0.05, 0.1) is 17.9 Å². The van der Waals surface area contributed by atoms with Gasteiger partial charge in [-0.05, 0) is 44.2 Å². The van der Waals surface area contributed by atoms with Crippen LogP contribution in [0.3, 0.4) is 0 Å². The highest BCUT2D eigenvalue weighted by Crippen LogP contribution is 2.31. The average Bonchev–Trinajstić information content (AvgIpc) is 2.98. The van der Waals surface area contributed by atoms with Gasteiger partial charge in [-0.25, -0.2) is 13.8 Å². The molecule has 7 heteroatoms. The molecule has 3 rings (SSSR count). The summed E-state index contributed by atoms with van der Waals surface area (Å²) in [5.41, 5.74) is 1.35. The molecule has 2 aromatic carbocycles. The highest BCUT2D eigenvalue weighted by Gasteiger charge is 2.17. The van der Waals surface area contributed by atoms with Gasteiger partial charge in [0.1, 0.15) is 5.75 Å². The molecule has 26 heavy (non-hydrogen) atoms. The fourth-order valence-corrected chi connectivity index (χ4v) is 3.29. The molecule has 0 spiro atoms. The molecule has 0 fully saturated rings. The van der Waals surface area contributed by atoms with Crippen LogP contribution in [0.5, 0.6) is 5.75 Å². The number of amides is 1. The highest BCUT2D eigenvalue weighted by atomic mass is 32.1. The minimum atomic E-state index is -0.939. The summed E-state index contributed by atoms with van der Waals surface area (Å²) in [6, 6.07) is 10.5. The van der Waals surface area contributed by atoms with Crippen molar-refractivity contribution in [2.45, 2.75) is 13.8 Å². The van der Waals surface area contributed by atoms with E-state index in [-0.39, 0.29) is 5.91 Å². The zero-order chi connectivity index (χ0) is 18.7. The fourth-order valence-electron chi connectivity index (χ4n) is 2.46. The lowest BCUT2D eigenvalue weighted by molar-refractivity contribution is 0.102. The van der Waals surface area contributed by atoms with Crippen molar-refractivity contribution < 1.29 is 18.3 Å². The van der Waals surface area contributed by atoms with Crippen molar-refractivity contribution in [2.24, 2.45) is 0 Å². The topological polar surface area (TPSA) is 51.2 Å². The van der Waals surface area contributed by atoms with Crippen molar-refractivity contribution in [3.63, 3.8) is 0 Å². The van der Waals surface area contributed by atoms with E-state index >= 15 is 0 Å². The third-order valence-corrected chi connectivity index (χ3v) is 4.53. The van der Waals surface area contributed by atoms with E-state index in [0.717, 1.165) is 17.0 Å². The van der Waals surface area contributed by atoms with Gasteiger partial charge in [0.25, 0.3) is 5.91 Å². The number of rotatable bonds is 5. The molecular weight excluding hydrogens is 358 g/mol. The van der Waals surface area contributed by atoms with Crippen LogP contribution in [0, 0.1) is 18.6 Å². The largest absolute Gasteiger partial charge is 0.493 e. The van der Waals surface area contributed by atoms with Crippen LogP contribution in [0.15, 0.2) is 42.5 Å². The number of halogens is 2. The Labute approximate surface area is 153 Å². The molecule has 0 unspecified atom stereocenters. The van der Waals surface area contributed by atoms with E-state index < -0.39 is 11.6 Å². The molecule has 134 valence electrons. The predicted molar refractivity (Wildman–Crippen MR) is 97.8 cm³/mol. The zero-order valence-electron chi connectivity index (χ0n) is 14.2. The van der Waals surface area contributed by atoms with Gasteiger partial charge >= 0.3 is 0 Å². The lowest BCUT2D eigenvalue weighted by Crippen LogP contribution is -2.13. The van der Waals surface area contributed by atoms with Crippen molar-refractivity contribution in [2.75, 3.05) is 11.9 Å². The van der Waals surface area contributed by atoms with Gasteiger partial charge in [-0.1, -0.05) is 12.1 Å². The van der Waals surface area contributed by atoms with Crippen LogP contribution < -0.4 is 10.1 Å². The Morgan fingerprint density at radius 1 is 1.19 bits per heavy atom. The normalized spacial score (nSPS) is 10.6. The first kappa shape index (κ1) is 18.0. The lowest BCUT2D eigenvalue weighted by Gasteiger charge is -2.08. The van der Waals surface area contributed by atoms with Gasteiger partial charge < -0.3 is 4.74 Å². The molecule has 0 aliphatic heterocycles. The Morgan fingerprint density at radius 3 is 2.69 bits per heavy atom. The second-order valence-electron chi connectivity index (χ2n) is 5.44. The van der Waals surface area contributed by atoms with E-state index in [9.17, 15) is 13.6 Å². The van der Waals surface area contributed by atoms with Crippen LogP contribution in [-0.2, 0) is 0 Å². The second kappa shape index (κ2) is 7.61. The number of anilines is 1. The molecule has 0 saturated carbocycles. The maximum absolute atomic E-state index is 13.5. The summed E-state index contributed by atoms with van der Waals surface area (Å²) >= 11 is 1.26. The third-order valence-electron chi connectivity index (χ3n) is 3.64. The number of benzene rings is 2. The highest BCUT2D eigenvalue weighted by molar-refractivity contribution is 7.16. The summed E-state index contributed by atoms with van der Waals surface area (Å²) in [6.45, 7) is 4.09. The van der Waals surface area contributed by atoms with Crippen LogP contribution in [0.25, 0.3) is 11.3 Å². The van der Waals surface area contributed by atoms with Gasteiger partial charge in [-0.3, -0.25) is 10.1 Å². The van der Waals surface area contributed by atoms with Crippen LogP contribution in [0.4, 0.5) is 13.9 Å². The standard InChI is InChI=1S/C19H16F2N2O2S/c1-3-25-16-7-5-4-6-13(16)18(24)23-19-22-17(11(2)26-19)12-8-9-14(20)15(21)10-12/h4-10H,3H2,1-2H3,(H,22,23,24). The second-order valence-corrected chi connectivity index (χ2v) is 6.64. The van der Waals surface area contributed by atoms with E-state index in [2.05, 4.69) is 10.3 Å². The van der Waals surface area contributed by atoms with Crippen LogP contribution in [0.1, 0.15) is 22.2 Å². The molecule has 1 N–H and O–H groups in total. The van der Waals surface area contributed by atoms with Crippen LogP contribution >= 0.6 is 11.3 Å². The molecule has 0 radical (unpaired) electrons. The molecule has 3 aromatic rings. The Morgan fingerprint density at radius 2 is 1.96 bits per heavy atom. The first-order chi connectivity index (χ1) is 12.5. The number of carbonyl (C=O) groups excluding carboxylic acids is 1. The molecule has 0 atom stereocenters. The van der Waals surface area contributed by atoms with Crippen molar-refractivity contribution in [1.29, 1.82) is 0 Å². The summed E-state index contributed by atoms with van der Waals surface area (Å²) < 4.78 is 32.1. The van der Waals surface area contributed by atoms with Crippen molar-refractivity contribution in [1.82, 2.24) is 4.98 Å². The SMILES string of the molecule is CCOc1ccccc1C(=O)Nc1nc(-c2ccc(F)c(F)c2)c(C)s1. The lowest BCUT2D eigenvalue weighted by atomic mass is 10.1. The molecule has 4 nitrogen and oxygen atoms in total. The third kappa shape index (κ3) is 3.72. The molecule has 1 aromatic heterocycles. The summed E-state index contributed by atoms with van der Waals surface area (Å²) in [4.78, 5) is 17.7. The summed E-state index contributed by atoms with van der Waals surface area (Å²) in [5, 5.41) is 3.11. The maximum Gasteiger partial charge on any atom is 0.261 e. The van der Waals surface area contributed by atoms with Crippen molar-refractivity contribution in [3.05, 3.63) is 64.5 Å². The number of aryl methyl sites for hydroxylation is 1. The van der Waals surface area contributed by atoms with E-state index in [1.165, 1.54) is 17.4 Å². The first-order valence-electron chi connectivity index (χ1n) is 7.95. The van der Waals surface area contributed by atoms with Gasteiger partial charge in [0.15, 0.2) is 16.8 Å². The minimum Gasteiger partial charge on any atom is -0.493 e. The van der Waals surface area contributed by atoms with Crippen molar-refractivity contribution in [3.8, 4) is 17.0 Å². The Balaban J connectivity index is 1.86. The summed E-state index contributed by atoms with van der Waals surface area (Å²) in [7, 11) is 0. The molecule has 0 aliphatic rings. The molecule has 1 heterocycles. The van der Waals surface area contributed by atoms with E-state index in [4.69, 9.17) is 4.74 Å². The van der Waals surface area contributed by atoms with Gasteiger partial charge in [-0.15, -0.1) is 11.3 Å². The summed E-state index contributed by atoms with van der Waals surface area (Å²) in [5.74, 6) is -1.71. The number of aromatic nitrogens is 1. The summed E-state index contributed by atoms with van der Waals surface area (Å²) in [6.07, 6.45) is 0. The number of nitrogens with one attached hydrogen (secondary N) is 1. The number of carbonyl (C=O) groups is 1. The van der Waals surface area contributed by atoms with E-state index in [1.54, 1.807) is 31.2 Å². The van der Waals surface area contributed by atoms with Crippen LogP contribution in [0.2, 0.25) is 0 Å². The Kier molecular flexibility index (Phi) is 5.27. The Hall–Kier alpha value is -2.80. The quantitative estimate of drug-likeness (QED) is 0.680. The van der Waals surface area contributed by atoms with E-state index in [0.29, 0.717) is 34.3 Å². The van der Waals surface area contributed by atoms with Gasteiger partial charge in [0.2, 0.25) is 0 Å². The number of hydrogen-bond acceptors (Lipinski definition) is 4. The average molecular weight is 374 g/mol.